The average molecular weight is 173 g/mol. The molecule has 12 heavy (non-hydrogen) atoms. The first-order valence-electron chi connectivity index (χ1n) is 4.25. The third-order valence-electron chi connectivity index (χ3n) is 2.34. The van der Waals surface area contributed by atoms with E-state index >= 15 is 0 Å². The summed E-state index contributed by atoms with van der Waals surface area (Å²) in [5.74, 6) is -0.836. The van der Waals surface area contributed by atoms with Crippen LogP contribution < -0.4 is 5.32 Å². The van der Waals surface area contributed by atoms with Crippen molar-refractivity contribution in [1.82, 2.24) is 5.32 Å². The van der Waals surface area contributed by atoms with Crippen molar-refractivity contribution in [2.45, 2.75) is 37.8 Å². The molecule has 3 N–H and O–H groups in total. The number of carboxylic acids is 1. The predicted octanol–water partition coefficient (Wildman–Crippen LogP) is -0.0359. The molecule has 4 heteroatoms. The molecule has 0 aliphatic heterocycles. The number of aliphatic carboxylic acids is 1. The first kappa shape index (κ1) is 9.48. The summed E-state index contributed by atoms with van der Waals surface area (Å²) in [6.45, 7) is 1.86. The third kappa shape index (κ3) is 1.95. The molecule has 0 amide bonds. The Bertz CT molecular complexity index is 177. The van der Waals surface area contributed by atoms with Crippen LogP contribution in [0.4, 0.5) is 0 Å². The summed E-state index contributed by atoms with van der Waals surface area (Å²) in [5.41, 5.74) is -0.279. The van der Waals surface area contributed by atoms with Gasteiger partial charge >= 0.3 is 5.97 Å². The second-order valence-electron chi connectivity index (χ2n) is 3.38. The number of rotatable bonds is 5. The fraction of sp³-hybridized carbons (Fsp3) is 0.875. The van der Waals surface area contributed by atoms with Gasteiger partial charge in [-0.25, -0.2) is 0 Å². The highest BCUT2D eigenvalue weighted by Gasteiger charge is 2.44. The molecule has 0 spiro atoms. The zero-order valence-corrected chi connectivity index (χ0v) is 7.21. The highest BCUT2D eigenvalue weighted by molar-refractivity contribution is 5.73. The van der Waals surface area contributed by atoms with Crippen molar-refractivity contribution in [3.8, 4) is 0 Å². The quantitative estimate of drug-likeness (QED) is 0.546. The van der Waals surface area contributed by atoms with E-state index in [1.807, 2.05) is 6.92 Å². The summed E-state index contributed by atoms with van der Waals surface area (Å²) >= 11 is 0. The molecule has 1 fully saturated rings. The van der Waals surface area contributed by atoms with Gasteiger partial charge in [0.1, 0.15) is 6.04 Å². The van der Waals surface area contributed by atoms with Crippen LogP contribution in [-0.4, -0.2) is 34.4 Å². The molecule has 4 nitrogen and oxygen atoms in total. The number of aliphatic hydroxyl groups is 1. The Morgan fingerprint density at radius 2 is 2.25 bits per heavy atom. The minimum Gasteiger partial charge on any atom is -0.480 e. The molecule has 1 unspecified atom stereocenters. The van der Waals surface area contributed by atoms with Crippen LogP contribution in [0.15, 0.2) is 0 Å². The molecule has 1 aliphatic carbocycles. The van der Waals surface area contributed by atoms with Gasteiger partial charge in [-0.1, -0.05) is 6.92 Å². The smallest absolute Gasteiger partial charge is 0.320 e. The Labute approximate surface area is 71.6 Å². The minimum absolute atomic E-state index is 0.0385. The molecule has 1 atom stereocenters. The van der Waals surface area contributed by atoms with Crippen molar-refractivity contribution in [2.75, 3.05) is 6.61 Å². The van der Waals surface area contributed by atoms with Crippen molar-refractivity contribution in [2.24, 2.45) is 0 Å². The van der Waals surface area contributed by atoms with Crippen LogP contribution in [0, 0.1) is 0 Å². The Morgan fingerprint density at radius 3 is 2.50 bits per heavy atom. The van der Waals surface area contributed by atoms with Gasteiger partial charge < -0.3 is 10.2 Å². The maximum Gasteiger partial charge on any atom is 0.320 e. The zero-order valence-electron chi connectivity index (χ0n) is 7.21. The van der Waals surface area contributed by atoms with Crippen molar-refractivity contribution >= 4 is 5.97 Å². The lowest BCUT2D eigenvalue weighted by atomic mass is 10.2. The van der Waals surface area contributed by atoms with Gasteiger partial charge in [-0.05, 0) is 19.3 Å². The number of hydrogen-bond acceptors (Lipinski definition) is 3. The molecule has 70 valence electrons. The van der Waals surface area contributed by atoms with Gasteiger partial charge in [0.05, 0.1) is 6.61 Å². The summed E-state index contributed by atoms with van der Waals surface area (Å²) in [4.78, 5) is 10.6. The number of nitrogens with one attached hydrogen (secondary N) is 1. The predicted molar refractivity (Wildman–Crippen MR) is 43.9 cm³/mol. The highest BCUT2D eigenvalue weighted by Crippen LogP contribution is 2.35. The molecule has 0 bridgehead atoms. The third-order valence-corrected chi connectivity index (χ3v) is 2.34. The molecule has 0 aromatic rings. The van der Waals surface area contributed by atoms with Crippen LogP contribution in [-0.2, 0) is 4.79 Å². The van der Waals surface area contributed by atoms with Crippen molar-refractivity contribution in [3.05, 3.63) is 0 Å². The number of carboxylic acid groups (broad SMARTS) is 1. The van der Waals surface area contributed by atoms with Crippen LogP contribution in [0.1, 0.15) is 26.2 Å². The highest BCUT2D eigenvalue weighted by atomic mass is 16.4. The topological polar surface area (TPSA) is 69.6 Å². The maximum absolute atomic E-state index is 10.6. The molecular formula is C8H15NO3. The van der Waals surface area contributed by atoms with Crippen LogP contribution in [0.3, 0.4) is 0 Å². The molecule has 0 aromatic heterocycles. The van der Waals surface area contributed by atoms with Crippen molar-refractivity contribution < 1.29 is 15.0 Å². The van der Waals surface area contributed by atoms with Crippen LogP contribution >= 0.6 is 0 Å². The summed E-state index contributed by atoms with van der Waals surface area (Å²) in [6, 6.07) is -0.514. The Morgan fingerprint density at radius 1 is 1.67 bits per heavy atom. The second-order valence-corrected chi connectivity index (χ2v) is 3.38. The number of aliphatic hydroxyl groups excluding tert-OH is 1. The standard InChI is InChI=1S/C8H15NO3/c1-2-6(7(11)12)9-8(5-10)3-4-8/h6,9-10H,2-5H2,1H3,(H,11,12). The summed E-state index contributed by atoms with van der Waals surface area (Å²) in [6.07, 6.45) is 2.32. The van der Waals surface area contributed by atoms with Gasteiger partial charge in [0.2, 0.25) is 0 Å². The second kappa shape index (κ2) is 3.41. The van der Waals surface area contributed by atoms with Gasteiger partial charge in [-0.15, -0.1) is 0 Å². The lowest BCUT2D eigenvalue weighted by Crippen LogP contribution is -2.46. The van der Waals surface area contributed by atoms with Gasteiger partial charge in [-0.3, -0.25) is 10.1 Å². The lowest BCUT2D eigenvalue weighted by Gasteiger charge is -2.19. The molecule has 1 aliphatic rings. The lowest BCUT2D eigenvalue weighted by molar-refractivity contribution is -0.140. The van der Waals surface area contributed by atoms with Crippen molar-refractivity contribution in [1.29, 1.82) is 0 Å². The van der Waals surface area contributed by atoms with E-state index in [4.69, 9.17) is 10.2 Å². The van der Waals surface area contributed by atoms with E-state index in [0.717, 1.165) is 12.8 Å². The summed E-state index contributed by atoms with van der Waals surface area (Å²) in [5, 5.41) is 20.6. The monoisotopic (exact) mass is 173 g/mol. The molecule has 0 aromatic carbocycles. The molecule has 0 radical (unpaired) electrons. The van der Waals surface area contributed by atoms with E-state index in [0.29, 0.717) is 6.42 Å². The zero-order chi connectivity index (χ0) is 9.19. The van der Waals surface area contributed by atoms with Gasteiger partial charge in [-0.2, -0.15) is 0 Å². The average Bonchev–Trinajstić information content (AvgIpc) is 2.80. The Balaban J connectivity index is 2.42. The minimum atomic E-state index is -0.836. The Hall–Kier alpha value is -0.610. The van der Waals surface area contributed by atoms with Gasteiger partial charge in [0, 0.05) is 5.54 Å². The fourth-order valence-corrected chi connectivity index (χ4v) is 1.21. The number of carbonyl (C=O) groups is 1. The van der Waals surface area contributed by atoms with E-state index in [2.05, 4.69) is 5.32 Å². The molecule has 0 heterocycles. The first-order valence-corrected chi connectivity index (χ1v) is 4.25. The largest absolute Gasteiger partial charge is 0.480 e. The van der Waals surface area contributed by atoms with E-state index in [9.17, 15) is 4.79 Å². The van der Waals surface area contributed by atoms with E-state index in [-0.39, 0.29) is 12.1 Å². The van der Waals surface area contributed by atoms with Gasteiger partial charge in [0.25, 0.3) is 0 Å². The number of hydrogen-bond donors (Lipinski definition) is 3. The molecular weight excluding hydrogens is 158 g/mol. The maximum atomic E-state index is 10.6. The summed E-state index contributed by atoms with van der Waals surface area (Å²) < 4.78 is 0. The normalized spacial score (nSPS) is 21.8. The Kier molecular flexibility index (Phi) is 2.69. The molecule has 1 rings (SSSR count). The van der Waals surface area contributed by atoms with E-state index < -0.39 is 12.0 Å². The van der Waals surface area contributed by atoms with E-state index in [1.54, 1.807) is 0 Å². The summed E-state index contributed by atoms with van der Waals surface area (Å²) in [7, 11) is 0. The van der Waals surface area contributed by atoms with Crippen LogP contribution in [0.5, 0.6) is 0 Å². The van der Waals surface area contributed by atoms with Crippen LogP contribution in [0.25, 0.3) is 0 Å². The molecule has 1 saturated carbocycles. The van der Waals surface area contributed by atoms with E-state index in [1.165, 1.54) is 0 Å². The SMILES string of the molecule is CCC(NC1(CO)CC1)C(=O)O. The fourth-order valence-electron chi connectivity index (χ4n) is 1.21. The van der Waals surface area contributed by atoms with Crippen LogP contribution in [0.2, 0.25) is 0 Å². The van der Waals surface area contributed by atoms with Gasteiger partial charge in [0.15, 0.2) is 0 Å². The van der Waals surface area contributed by atoms with Crippen molar-refractivity contribution in [3.63, 3.8) is 0 Å². The molecule has 0 saturated heterocycles. The first-order chi connectivity index (χ1) is 5.63.